The van der Waals surface area contributed by atoms with Crippen molar-refractivity contribution >= 4 is 0 Å². The molecule has 1 heterocycles. The van der Waals surface area contributed by atoms with E-state index in [0.29, 0.717) is 13.2 Å². The van der Waals surface area contributed by atoms with Crippen molar-refractivity contribution in [2.45, 2.75) is 45.6 Å². The second-order valence-corrected chi connectivity index (χ2v) is 4.60. The molecule has 0 saturated heterocycles. The normalized spacial score (nSPS) is 15.1. The van der Waals surface area contributed by atoms with E-state index in [-0.39, 0.29) is 12.1 Å². The molecule has 5 nitrogen and oxygen atoms in total. The van der Waals surface area contributed by atoms with Gasteiger partial charge >= 0.3 is 0 Å². The molecule has 0 bridgehead atoms. The SMILES string of the molecule is CC(Cn1ccnc1)NCC(O)COC(C)C. The summed E-state index contributed by atoms with van der Waals surface area (Å²) in [4.78, 5) is 3.99. The van der Waals surface area contributed by atoms with Crippen LogP contribution >= 0.6 is 0 Å². The van der Waals surface area contributed by atoms with Crippen LogP contribution in [0.15, 0.2) is 18.7 Å². The number of rotatable bonds is 8. The van der Waals surface area contributed by atoms with Gasteiger partial charge in [0.05, 0.1) is 25.1 Å². The van der Waals surface area contributed by atoms with Crippen molar-refractivity contribution in [2.75, 3.05) is 13.2 Å². The Morgan fingerprint density at radius 1 is 1.41 bits per heavy atom. The highest BCUT2D eigenvalue weighted by molar-refractivity contribution is 4.76. The largest absolute Gasteiger partial charge is 0.389 e. The fourth-order valence-corrected chi connectivity index (χ4v) is 1.48. The molecular formula is C12H23N3O2. The van der Waals surface area contributed by atoms with Gasteiger partial charge in [-0.05, 0) is 20.8 Å². The van der Waals surface area contributed by atoms with Gasteiger partial charge in [-0.2, -0.15) is 0 Å². The fourth-order valence-electron chi connectivity index (χ4n) is 1.48. The first-order chi connectivity index (χ1) is 8.08. The van der Waals surface area contributed by atoms with Crippen LogP contribution in [0.25, 0.3) is 0 Å². The second-order valence-electron chi connectivity index (χ2n) is 4.60. The number of nitrogens with one attached hydrogen (secondary N) is 1. The summed E-state index contributed by atoms with van der Waals surface area (Å²) in [7, 11) is 0. The van der Waals surface area contributed by atoms with Gasteiger partial charge in [-0.15, -0.1) is 0 Å². The van der Waals surface area contributed by atoms with Gasteiger partial charge in [0.1, 0.15) is 0 Å². The Balaban J connectivity index is 2.12. The van der Waals surface area contributed by atoms with Crippen LogP contribution in [0.4, 0.5) is 0 Å². The van der Waals surface area contributed by atoms with Gasteiger partial charge < -0.3 is 19.7 Å². The highest BCUT2D eigenvalue weighted by Crippen LogP contribution is 1.94. The lowest BCUT2D eigenvalue weighted by atomic mass is 10.3. The quantitative estimate of drug-likeness (QED) is 0.701. The summed E-state index contributed by atoms with van der Waals surface area (Å²) in [6, 6.07) is 0.290. The van der Waals surface area contributed by atoms with Crippen LogP contribution in [0.2, 0.25) is 0 Å². The van der Waals surface area contributed by atoms with Crippen LogP contribution in [0.1, 0.15) is 20.8 Å². The third kappa shape index (κ3) is 6.41. The Bertz CT molecular complexity index is 288. The highest BCUT2D eigenvalue weighted by atomic mass is 16.5. The molecule has 0 radical (unpaired) electrons. The van der Waals surface area contributed by atoms with E-state index in [2.05, 4.69) is 17.2 Å². The minimum atomic E-state index is -0.456. The minimum Gasteiger partial charge on any atom is -0.389 e. The number of aliphatic hydroxyl groups is 1. The van der Waals surface area contributed by atoms with Crippen molar-refractivity contribution in [3.05, 3.63) is 18.7 Å². The molecule has 0 fully saturated rings. The molecule has 0 aromatic carbocycles. The van der Waals surface area contributed by atoms with E-state index in [9.17, 15) is 5.11 Å². The van der Waals surface area contributed by atoms with E-state index in [4.69, 9.17) is 4.74 Å². The average molecular weight is 241 g/mol. The maximum atomic E-state index is 9.67. The molecule has 1 aromatic heterocycles. The smallest absolute Gasteiger partial charge is 0.0946 e. The van der Waals surface area contributed by atoms with Gasteiger partial charge in [-0.25, -0.2) is 4.98 Å². The highest BCUT2D eigenvalue weighted by Gasteiger charge is 2.08. The number of hydrogen-bond acceptors (Lipinski definition) is 4. The van der Waals surface area contributed by atoms with Gasteiger partial charge in [0.15, 0.2) is 0 Å². The van der Waals surface area contributed by atoms with Crippen LogP contribution in [0, 0.1) is 0 Å². The van der Waals surface area contributed by atoms with Crippen LogP contribution in [0.3, 0.4) is 0 Å². The minimum absolute atomic E-state index is 0.160. The molecule has 1 rings (SSSR count). The molecule has 5 heteroatoms. The molecule has 0 aliphatic carbocycles. The summed E-state index contributed by atoms with van der Waals surface area (Å²) >= 11 is 0. The molecule has 0 spiro atoms. The lowest BCUT2D eigenvalue weighted by Gasteiger charge is -2.18. The van der Waals surface area contributed by atoms with E-state index >= 15 is 0 Å². The summed E-state index contributed by atoms with van der Waals surface area (Å²) < 4.78 is 7.35. The number of ether oxygens (including phenoxy) is 1. The van der Waals surface area contributed by atoms with E-state index in [1.54, 1.807) is 12.5 Å². The van der Waals surface area contributed by atoms with E-state index < -0.39 is 6.10 Å². The van der Waals surface area contributed by atoms with Crippen LogP contribution in [-0.2, 0) is 11.3 Å². The third-order valence-corrected chi connectivity index (χ3v) is 2.37. The lowest BCUT2D eigenvalue weighted by molar-refractivity contribution is 0.00547. The first-order valence-corrected chi connectivity index (χ1v) is 6.06. The molecular weight excluding hydrogens is 218 g/mol. The monoisotopic (exact) mass is 241 g/mol. The summed E-state index contributed by atoms with van der Waals surface area (Å²) in [5, 5.41) is 12.9. The molecule has 0 amide bonds. The van der Waals surface area contributed by atoms with Crippen molar-refractivity contribution in [1.29, 1.82) is 0 Å². The molecule has 0 aliphatic heterocycles. The first-order valence-electron chi connectivity index (χ1n) is 6.06. The van der Waals surface area contributed by atoms with Crippen LogP contribution in [-0.4, -0.2) is 46.1 Å². The van der Waals surface area contributed by atoms with Gasteiger partial charge in [0.2, 0.25) is 0 Å². The Kier molecular flexibility index (Phi) is 6.18. The van der Waals surface area contributed by atoms with E-state index in [0.717, 1.165) is 6.54 Å². The summed E-state index contributed by atoms with van der Waals surface area (Å²) in [5.41, 5.74) is 0. The van der Waals surface area contributed by atoms with E-state index in [1.807, 2.05) is 24.6 Å². The Labute approximate surface area is 103 Å². The zero-order valence-electron chi connectivity index (χ0n) is 10.8. The fraction of sp³-hybridized carbons (Fsp3) is 0.750. The zero-order valence-corrected chi connectivity index (χ0v) is 10.8. The van der Waals surface area contributed by atoms with Gasteiger partial charge in [0.25, 0.3) is 0 Å². The Morgan fingerprint density at radius 2 is 2.18 bits per heavy atom. The topological polar surface area (TPSA) is 59.3 Å². The summed E-state index contributed by atoms with van der Waals surface area (Å²) in [6.07, 6.45) is 5.18. The number of imidazole rings is 1. The first kappa shape index (κ1) is 14.2. The van der Waals surface area contributed by atoms with Crippen LogP contribution in [0.5, 0.6) is 0 Å². The average Bonchev–Trinajstić information content (AvgIpc) is 2.76. The van der Waals surface area contributed by atoms with Gasteiger partial charge in [-0.1, -0.05) is 0 Å². The molecule has 2 unspecified atom stereocenters. The molecule has 1 aromatic rings. The van der Waals surface area contributed by atoms with Gasteiger partial charge in [0, 0.05) is 31.5 Å². The van der Waals surface area contributed by atoms with Crippen molar-refractivity contribution in [3.8, 4) is 0 Å². The maximum absolute atomic E-state index is 9.67. The van der Waals surface area contributed by atoms with Crippen molar-refractivity contribution in [3.63, 3.8) is 0 Å². The predicted octanol–water partition coefficient (Wildman–Crippen LogP) is 0.647. The maximum Gasteiger partial charge on any atom is 0.0946 e. The molecule has 2 atom stereocenters. The third-order valence-electron chi connectivity index (χ3n) is 2.37. The standard InChI is InChI=1S/C12H23N3O2/c1-10(2)17-8-12(16)6-14-11(3)7-15-5-4-13-9-15/h4-5,9-12,14,16H,6-8H2,1-3H3. The van der Waals surface area contributed by atoms with Crippen molar-refractivity contribution < 1.29 is 9.84 Å². The molecule has 17 heavy (non-hydrogen) atoms. The van der Waals surface area contributed by atoms with E-state index in [1.165, 1.54) is 0 Å². The molecule has 98 valence electrons. The number of aromatic nitrogens is 2. The molecule has 2 N–H and O–H groups in total. The Morgan fingerprint density at radius 3 is 2.76 bits per heavy atom. The van der Waals surface area contributed by atoms with Crippen LogP contribution < -0.4 is 5.32 Å². The number of nitrogens with zero attached hydrogens (tertiary/aromatic N) is 2. The number of hydrogen-bond donors (Lipinski definition) is 2. The lowest BCUT2D eigenvalue weighted by Crippen LogP contribution is -2.38. The van der Waals surface area contributed by atoms with Crippen molar-refractivity contribution in [2.24, 2.45) is 0 Å². The Hall–Kier alpha value is -0.910. The summed E-state index contributed by atoms with van der Waals surface area (Å²) in [5.74, 6) is 0. The van der Waals surface area contributed by atoms with Gasteiger partial charge in [-0.3, -0.25) is 0 Å². The molecule has 0 aliphatic rings. The van der Waals surface area contributed by atoms with Crippen molar-refractivity contribution in [1.82, 2.24) is 14.9 Å². The zero-order chi connectivity index (χ0) is 12.7. The second kappa shape index (κ2) is 7.42. The summed E-state index contributed by atoms with van der Waals surface area (Å²) in [6.45, 7) is 7.77. The molecule has 0 saturated carbocycles. The predicted molar refractivity (Wildman–Crippen MR) is 66.8 cm³/mol. The number of aliphatic hydroxyl groups excluding tert-OH is 1.